The Morgan fingerprint density at radius 1 is 0.759 bits per heavy atom. The number of benzene rings is 3. The number of rotatable bonds is 7. The van der Waals surface area contributed by atoms with E-state index >= 15 is 0 Å². The van der Waals surface area contributed by atoms with Crippen LogP contribution in [0.5, 0.6) is 0 Å². The maximum absolute atomic E-state index is 12.6. The zero-order chi connectivity index (χ0) is 20.6. The smallest absolute Gasteiger partial charge is 0.335 e. The van der Waals surface area contributed by atoms with E-state index in [-0.39, 0.29) is 11.5 Å². The quantitative estimate of drug-likeness (QED) is 0.565. The third-order valence-electron chi connectivity index (χ3n) is 4.32. The number of aryl methyl sites for hydroxylation is 1. The number of carbonyl (C=O) groups excluding carboxylic acids is 2. The van der Waals surface area contributed by atoms with Gasteiger partial charge in [-0.15, -0.1) is 0 Å². The van der Waals surface area contributed by atoms with Crippen molar-refractivity contribution in [2.24, 2.45) is 0 Å². The number of aromatic carboxylic acids is 1. The van der Waals surface area contributed by atoms with Crippen molar-refractivity contribution in [2.75, 3.05) is 10.6 Å². The fourth-order valence-electron chi connectivity index (χ4n) is 2.80. The number of hydrogen-bond donors (Lipinski definition) is 3. The van der Waals surface area contributed by atoms with E-state index < -0.39 is 11.9 Å². The van der Waals surface area contributed by atoms with Crippen molar-refractivity contribution < 1.29 is 19.5 Å². The van der Waals surface area contributed by atoms with Gasteiger partial charge >= 0.3 is 5.97 Å². The summed E-state index contributed by atoms with van der Waals surface area (Å²) < 4.78 is 0. The van der Waals surface area contributed by atoms with E-state index in [0.717, 1.165) is 5.56 Å². The Labute approximate surface area is 168 Å². The van der Waals surface area contributed by atoms with Crippen LogP contribution in [0.2, 0.25) is 0 Å². The Kier molecular flexibility index (Phi) is 6.37. The molecule has 3 aromatic rings. The van der Waals surface area contributed by atoms with Crippen molar-refractivity contribution in [1.29, 1.82) is 0 Å². The molecule has 0 saturated heterocycles. The van der Waals surface area contributed by atoms with Crippen LogP contribution in [-0.2, 0) is 11.2 Å². The third kappa shape index (κ3) is 5.52. The van der Waals surface area contributed by atoms with Gasteiger partial charge in [0.15, 0.2) is 0 Å². The fraction of sp³-hybridized carbons (Fsp3) is 0.0870. The van der Waals surface area contributed by atoms with Crippen LogP contribution < -0.4 is 10.6 Å². The van der Waals surface area contributed by atoms with Gasteiger partial charge in [-0.1, -0.05) is 42.5 Å². The number of carboxylic acids is 1. The summed E-state index contributed by atoms with van der Waals surface area (Å²) in [6.45, 7) is 0. The topological polar surface area (TPSA) is 95.5 Å². The molecule has 0 heterocycles. The molecule has 6 nitrogen and oxygen atoms in total. The van der Waals surface area contributed by atoms with Crippen molar-refractivity contribution in [3.63, 3.8) is 0 Å². The van der Waals surface area contributed by atoms with E-state index in [1.165, 1.54) is 24.3 Å². The maximum atomic E-state index is 12.6. The molecule has 0 spiro atoms. The van der Waals surface area contributed by atoms with Gasteiger partial charge in [-0.3, -0.25) is 9.59 Å². The van der Waals surface area contributed by atoms with Gasteiger partial charge in [0.25, 0.3) is 5.91 Å². The van der Waals surface area contributed by atoms with Crippen molar-refractivity contribution >= 4 is 29.2 Å². The Balaban J connectivity index is 1.65. The van der Waals surface area contributed by atoms with E-state index in [9.17, 15) is 14.4 Å². The SMILES string of the molecule is O=C(CCc1ccccc1)Nc1ccccc1C(=O)Nc1ccc(C(=O)O)cc1. The van der Waals surface area contributed by atoms with Gasteiger partial charge in [0, 0.05) is 12.1 Å². The standard InChI is InChI=1S/C23H20N2O4/c26-21(15-10-16-6-2-1-3-7-16)25-20-9-5-4-8-19(20)22(27)24-18-13-11-17(12-14-18)23(28)29/h1-9,11-14H,10,15H2,(H,24,27)(H,25,26)(H,28,29). The molecule has 0 atom stereocenters. The molecular formula is C23H20N2O4. The summed E-state index contributed by atoms with van der Waals surface area (Å²) in [7, 11) is 0. The minimum Gasteiger partial charge on any atom is -0.478 e. The minimum absolute atomic E-state index is 0.133. The summed E-state index contributed by atoms with van der Waals surface area (Å²) in [5, 5.41) is 14.5. The highest BCUT2D eigenvalue weighted by atomic mass is 16.4. The third-order valence-corrected chi connectivity index (χ3v) is 4.32. The summed E-state index contributed by atoms with van der Waals surface area (Å²) >= 11 is 0. The average molecular weight is 388 g/mol. The van der Waals surface area contributed by atoms with E-state index in [1.54, 1.807) is 24.3 Å². The molecule has 29 heavy (non-hydrogen) atoms. The molecule has 0 aliphatic heterocycles. The molecule has 0 aliphatic carbocycles. The molecule has 0 saturated carbocycles. The van der Waals surface area contributed by atoms with Crippen molar-refractivity contribution in [3.05, 3.63) is 95.6 Å². The lowest BCUT2D eigenvalue weighted by atomic mass is 10.1. The Morgan fingerprint density at radius 3 is 2.10 bits per heavy atom. The molecule has 0 aliphatic rings. The van der Waals surface area contributed by atoms with Gasteiger partial charge in [0.2, 0.25) is 5.91 Å². The molecule has 146 valence electrons. The molecule has 0 unspecified atom stereocenters. The zero-order valence-corrected chi connectivity index (χ0v) is 15.6. The maximum Gasteiger partial charge on any atom is 0.335 e. The van der Waals surface area contributed by atoms with Gasteiger partial charge in [-0.25, -0.2) is 4.79 Å². The first-order valence-corrected chi connectivity index (χ1v) is 9.10. The molecule has 0 fully saturated rings. The number of para-hydroxylation sites is 1. The average Bonchev–Trinajstić information content (AvgIpc) is 2.74. The zero-order valence-electron chi connectivity index (χ0n) is 15.6. The second-order valence-corrected chi connectivity index (χ2v) is 6.42. The van der Waals surface area contributed by atoms with Crippen LogP contribution >= 0.6 is 0 Å². The first-order valence-electron chi connectivity index (χ1n) is 9.10. The Hall–Kier alpha value is -3.93. The summed E-state index contributed by atoms with van der Waals surface area (Å²) in [5.41, 5.74) is 2.41. The molecule has 0 bridgehead atoms. The highest BCUT2D eigenvalue weighted by molar-refractivity contribution is 6.10. The number of nitrogens with one attached hydrogen (secondary N) is 2. The number of hydrogen-bond acceptors (Lipinski definition) is 3. The van der Waals surface area contributed by atoms with Crippen LogP contribution in [-0.4, -0.2) is 22.9 Å². The van der Waals surface area contributed by atoms with E-state index in [1.807, 2.05) is 30.3 Å². The van der Waals surface area contributed by atoms with Gasteiger partial charge in [-0.2, -0.15) is 0 Å². The molecule has 0 aromatic heterocycles. The van der Waals surface area contributed by atoms with E-state index in [4.69, 9.17) is 5.11 Å². The van der Waals surface area contributed by atoms with Gasteiger partial charge in [-0.05, 0) is 48.4 Å². The lowest BCUT2D eigenvalue weighted by Crippen LogP contribution is -2.18. The van der Waals surface area contributed by atoms with Crippen LogP contribution in [0.1, 0.15) is 32.7 Å². The Morgan fingerprint density at radius 2 is 1.41 bits per heavy atom. The monoisotopic (exact) mass is 388 g/mol. The second-order valence-electron chi connectivity index (χ2n) is 6.42. The molecule has 3 rings (SSSR count). The van der Waals surface area contributed by atoms with Crippen molar-refractivity contribution in [3.8, 4) is 0 Å². The number of amides is 2. The van der Waals surface area contributed by atoms with Gasteiger partial charge < -0.3 is 15.7 Å². The minimum atomic E-state index is -1.04. The molecule has 2 amide bonds. The Bertz CT molecular complexity index is 1010. The van der Waals surface area contributed by atoms with Gasteiger partial charge in [0.1, 0.15) is 0 Å². The number of carbonyl (C=O) groups is 3. The predicted octanol–water partition coefficient (Wildman–Crippen LogP) is 4.21. The highest BCUT2D eigenvalue weighted by Crippen LogP contribution is 2.18. The summed E-state index contributed by atoms with van der Waals surface area (Å²) in [6.07, 6.45) is 0.910. The lowest BCUT2D eigenvalue weighted by Gasteiger charge is -2.12. The number of carboxylic acid groups (broad SMARTS) is 1. The predicted molar refractivity (Wildman–Crippen MR) is 111 cm³/mol. The molecule has 6 heteroatoms. The number of anilines is 2. The van der Waals surface area contributed by atoms with Crippen LogP contribution in [0.25, 0.3) is 0 Å². The normalized spacial score (nSPS) is 10.2. The first kappa shape index (κ1) is 19.8. The molecule has 0 radical (unpaired) electrons. The molecule has 3 N–H and O–H groups in total. The van der Waals surface area contributed by atoms with Crippen LogP contribution in [0.3, 0.4) is 0 Å². The van der Waals surface area contributed by atoms with E-state index in [0.29, 0.717) is 29.8 Å². The molecule has 3 aromatic carbocycles. The van der Waals surface area contributed by atoms with Crippen LogP contribution in [0, 0.1) is 0 Å². The largest absolute Gasteiger partial charge is 0.478 e. The second kappa shape index (κ2) is 9.32. The lowest BCUT2D eigenvalue weighted by molar-refractivity contribution is -0.116. The highest BCUT2D eigenvalue weighted by Gasteiger charge is 2.14. The van der Waals surface area contributed by atoms with Crippen LogP contribution in [0.4, 0.5) is 11.4 Å². The van der Waals surface area contributed by atoms with Crippen molar-refractivity contribution in [1.82, 2.24) is 0 Å². The van der Waals surface area contributed by atoms with E-state index in [2.05, 4.69) is 10.6 Å². The molecular weight excluding hydrogens is 368 g/mol. The van der Waals surface area contributed by atoms with Crippen molar-refractivity contribution in [2.45, 2.75) is 12.8 Å². The summed E-state index contributed by atoms with van der Waals surface area (Å²) in [6, 6.07) is 22.3. The summed E-state index contributed by atoms with van der Waals surface area (Å²) in [5.74, 6) is -1.61. The summed E-state index contributed by atoms with van der Waals surface area (Å²) in [4.78, 5) is 35.9. The first-order chi connectivity index (χ1) is 14.0. The van der Waals surface area contributed by atoms with Gasteiger partial charge in [0.05, 0.1) is 16.8 Å². The van der Waals surface area contributed by atoms with Crippen LogP contribution in [0.15, 0.2) is 78.9 Å². The fourth-order valence-corrected chi connectivity index (χ4v) is 2.80.